The molecule has 0 bridgehead atoms. The first kappa shape index (κ1) is 54.4. The monoisotopic (exact) mass is 823 g/mol. The van der Waals surface area contributed by atoms with Crippen LogP contribution in [0.3, 0.4) is 0 Å². The van der Waals surface area contributed by atoms with Gasteiger partial charge in [-0.25, -0.2) is 4.57 Å². The van der Waals surface area contributed by atoms with Gasteiger partial charge in [0, 0.05) is 12.8 Å². The highest BCUT2D eigenvalue weighted by atomic mass is 31.2. The topological polar surface area (TPSA) is 149 Å². The molecule has 0 aliphatic carbocycles. The average molecular weight is 823 g/mol. The Hall–Kier alpha value is -2.59. The molecule has 0 spiro atoms. The molecule has 3 unspecified atom stereocenters. The molecule has 0 saturated carbocycles. The van der Waals surface area contributed by atoms with Crippen LogP contribution in [0.5, 0.6) is 0 Å². The first-order valence-corrected chi connectivity index (χ1v) is 23.4. The Morgan fingerprint density at radius 1 is 0.491 bits per heavy atom. The summed E-state index contributed by atoms with van der Waals surface area (Å²) >= 11 is 0. The van der Waals surface area contributed by atoms with E-state index in [-0.39, 0.29) is 12.8 Å². The minimum atomic E-state index is -4.65. The van der Waals surface area contributed by atoms with Crippen molar-refractivity contribution in [1.29, 1.82) is 0 Å². The standard InChI is InChI=1S/C46H79O10P/c1-3-5-7-9-11-13-15-17-19-20-21-22-24-26-28-30-32-34-36-38-46(50)56-44(40-48)42-54-57(51,52)53-41-43(39-47)55-45(49)37-35-33-31-29-27-25-23-18-16-14-12-10-8-6-4-2/h5,7,11,13,17-19,21-23,26,28,43-44,47-48H,3-4,6,8-10,12,14-16,20,24-25,27,29-42H2,1-2H3,(H,51,52)/b7-5-,13-11-,19-17-,22-21-,23-18-,28-26-. The summed E-state index contributed by atoms with van der Waals surface area (Å²) in [5, 5.41) is 19.2. The van der Waals surface area contributed by atoms with Gasteiger partial charge in [-0.1, -0.05) is 145 Å². The van der Waals surface area contributed by atoms with Gasteiger partial charge < -0.3 is 24.6 Å². The average Bonchev–Trinajstić information content (AvgIpc) is 3.20. The zero-order valence-electron chi connectivity index (χ0n) is 35.5. The largest absolute Gasteiger partial charge is 0.472 e. The Morgan fingerprint density at radius 2 is 0.825 bits per heavy atom. The minimum absolute atomic E-state index is 0.149. The summed E-state index contributed by atoms with van der Waals surface area (Å²) in [5.74, 6) is -1.06. The second kappa shape index (κ2) is 41.6. The number of carbonyl (C=O) groups is 2. The molecule has 0 aliphatic heterocycles. The molecule has 3 N–H and O–H groups in total. The Kier molecular flexibility index (Phi) is 39.7. The Bertz CT molecular complexity index is 1180. The summed E-state index contributed by atoms with van der Waals surface area (Å²) in [6.45, 7) is 2.03. The fraction of sp³-hybridized carbons (Fsp3) is 0.696. The lowest BCUT2D eigenvalue weighted by Gasteiger charge is -2.20. The van der Waals surface area contributed by atoms with Gasteiger partial charge in [-0.3, -0.25) is 18.6 Å². The van der Waals surface area contributed by atoms with Gasteiger partial charge in [-0.15, -0.1) is 0 Å². The van der Waals surface area contributed by atoms with Gasteiger partial charge in [-0.2, -0.15) is 0 Å². The summed E-state index contributed by atoms with van der Waals surface area (Å²) in [4.78, 5) is 34.5. The Morgan fingerprint density at radius 3 is 1.23 bits per heavy atom. The number of aliphatic hydroxyl groups is 2. The summed E-state index contributed by atoms with van der Waals surface area (Å²) in [5.41, 5.74) is 0. The maximum atomic E-state index is 12.4. The van der Waals surface area contributed by atoms with Crippen molar-refractivity contribution < 1.29 is 47.8 Å². The number of carbonyl (C=O) groups excluding carboxylic acids is 2. The number of rotatable bonds is 40. The second-order valence-electron chi connectivity index (χ2n) is 14.3. The molecule has 10 nitrogen and oxygen atoms in total. The molecule has 0 radical (unpaired) electrons. The van der Waals surface area contributed by atoms with Crippen LogP contribution >= 0.6 is 7.82 Å². The van der Waals surface area contributed by atoms with Crippen molar-refractivity contribution in [1.82, 2.24) is 0 Å². The summed E-state index contributed by atoms with van der Waals surface area (Å²) in [6.07, 6.45) is 47.3. The molecule has 0 aromatic heterocycles. The predicted molar refractivity (Wildman–Crippen MR) is 233 cm³/mol. The molecule has 57 heavy (non-hydrogen) atoms. The van der Waals surface area contributed by atoms with Crippen LogP contribution in [0.4, 0.5) is 0 Å². The number of hydrogen-bond donors (Lipinski definition) is 3. The van der Waals surface area contributed by atoms with Gasteiger partial charge in [-0.05, 0) is 83.5 Å². The first-order chi connectivity index (χ1) is 27.8. The van der Waals surface area contributed by atoms with Crippen LogP contribution in [-0.2, 0) is 32.7 Å². The van der Waals surface area contributed by atoms with Gasteiger partial charge >= 0.3 is 19.8 Å². The van der Waals surface area contributed by atoms with Gasteiger partial charge in [0.05, 0.1) is 26.4 Å². The Balaban J connectivity index is 4.00. The SMILES string of the molecule is CC/C=C\C/C=C\C/C=C\C/C=C\C/C=C\CCCCCC(=O)OC(CO)COP(=O)(O)OCC(CO)OC(=O)CCCCCCC/C=C\CCCCCCCC. The maximum absolute atomic E-state index is 12.4. The van der Waals surface area contributed by atoms with E-state index in [0.29, 0.717) is 12.8 Å². The van der Waals surface area contributed by atoms with Gasteiger partial charge in [0.2, 0.25) is 0 Å². The van der Waals surface area contributed by atoms with Crippen molar-refractivity contribution in [3.05, 3.63) is 72.9 Å². The zero-order chi connectivity index (χ0) is 41.9. The highest BCUT2D eigenvalue weighted by Crippen LogP contribution is 2.43. The van der Waals surface area contributed by atoms with Crippen molar-refractivity contribution >= 4 is 19.8 Å². The van der Waals surface area contributed by atoms with Crippen molar-refractivity contribution in [2.24, 2.45) is 0 Å². The number of unbranched alkanes of at least 4 members (excludes halogenated alkanes) is 14. The minimum Gasteiger partial charge on any atom is -0.457 e. The van der Waals surface area contributed by atoms with Crippen LogP contribution in [-0.4, -0.2) is 65.7 Å². The third-order valence-corrected chi connectivity index (χ3v) is 9.85. The van der Waals surface area contributed by atoms with Crippen LogP contribution in [0.15, 0.2) is 72.9 Å². The fourth-order valence-corrected chi connectivity index (χ4v) is 6.33. The molecule has 11 heteroatoms. The Labute approximate surface area is 346 Å². The van der Waals surface area contributed by atoms with E-state index in [2.05, 4.69) is 86.8 Å². The third kappa shape index (κ3) is 40.0. The number of phosphoric acid groups is 1. The maximum Gasteiger partial charge on any atom is 0.472 e. The quantitative estimate of drug-likeness (QED) is 0.0236. The number of phosphoric ester groups is 1. The molecule has 0 heterocycles. The molecule has 328 valence electrons. The van der Waals surface area contributed by atoms with Crippen molar-refractivity contribution in [3.8, 4) is 0 Å². The van der Waals surface area contributed by atoms with E-state index in [1.807, 2.05) is 0 Å². The van der Waals surface area contributed by atoms with E-state index >= 15 is 0 Å². The third-order valence-electron chi connectivity index (χ3n) is 8.90. The summed E-state index contributed by atoms with van der Waals surface area (Å²) in [6, 6.07) is 0. The van der Waals surface area contributed by atoms with Crippen LogP contribution in [0.25, 0.3) is 0 Å². The lowest BCUT2D eigenvalue weighted by Crippen LogP contribution is -2.28. The molecule has 0 rings (SSSR count). The van der Waals surface area contributed by atoms with Crippen LogP contribution in [0, 0.1) is 0 Å². The van der Waals surface area contributed by atoms with E-state index in [1.165, 1.54) is 38.5 Å². The van der Waals surface area contributed by atoms with E-state index in [0.717, 1.165) is 89.9 Å². The molecular weight excluding hydrogens is 743 g/mol. The molecule has 0 aromatic carbocycles. The molecule has 0 aliphatic rings. The predicted octanol–water partition coefficient (Wildman–Crippen LogP) is 11.7. The molecule has 0 fully saturated rings. The number of ether oxygens (including phenoxy) is 2. The van der Waals surface area contributed by atoms with E-state index in [1.54, 1.807) is 0 Å². The number of aliphatic hydroxyl groups excluding tert-OH is 2. The molecule has 0 amide bonds. The van der Waals surface area contributed by atoms with Gasteiger partial charge in [0.15, 0.2) is 0 Å². The normalized spacial score (nSPS) is 14.5. The summed E-state index contributed by atoms with van der Waals surface area (Å²) in [7, 11) is -4.65. The van der Waals surface area contributed by atoms with E-state index < -0.39 is 58.4 Å². The van der Waals surface area contributed by atoms with Crippen LogP contribution < -0.4 is 0 Å². The van der Waals surface area contributed by atoms with Crippen molar-refractivity contribution in [2.75, 3.05) is 26.4 Å². The van der Waals surface area contributed by atoms with Crippen LogP contribution in [0.1, 0.15) is 168 Å². The number of hydrogen-bond acceptors (Lipinski definition) is 9. The fourth-order valence-electron chi connectivity index (χ4n) is 5.55. The lowest BCUT2D eigenvalue weighted by atomic mass is 10.1. The number of allylic oxidation sites excluding steroid dienone is 12. The smallest absolute Gasteiger partial charge is 0.457 e. The molecular formula is C46H79O10P. The highest BCUT2D eigenvalue weighted by Gasteiger charge is 2.27. The van der Waals surface area contributed by atoms with E-state index in [9.17, 15) is 29.3 Å². The molecule has 0 saturated heterocycles. The van der Waals surface area contributed by atoms with Crippen LogP contribution in [0.2, 0.25) is 0 Å². The highest BCUT2D eigenvalue weighted by molar-refractivity contribution is 7.47. The second-order valence-corrected chi connectivity index (χ2v) is 15.7. The number of esters is 2. The van der Waals surface area contributed by atoms with Gasteiger partial charge in [0.1, 0.15) is 12.2 Å². The molecule has 0 aromatic rings. The van der Waals surface area contributed by atoms with Crippen molar-refractivity contribution in [2.45, 2.75) is 180 Å². The summed E-state index contributed by atoms with van der Waals surface area (Å²) < 4.78 is 32.5. The first-order valence-electron chi connectivity index (χ1n) is 21.9. The molecule has 3 atom stereocenters. The zero-order valence-corrected chi connectivity index (χ0v) is 36.4. The lowest BCUT2D eigenvalue weighted by molar-refractivity contribution is -0.153. The van der Waals surface area contributed by atoms with Gasteiger partial charge in [0.25, 0.3) is 0 Å². The van der Waals surface area contributed by atoms with E-state index in [4.69, 9.17) is 18.5 Å². The van der Waals surface area contributed by atoms with Crippen molar-refractivity contribution in [3.63, 3.8) is 0 Å².